The quantitative estimate of drug-likeness (QED) is 0.786. The van der Waals surface area contributed by atoms with E-state index in [1.54, 1.807) is 43.5 Å². The maximum Gasteiger partial charge on any atom is 0.339 e. The summed E-state index contributed by atoms with van der Waals surface area (Å²) in [7, 11) is -1.67. The highest BCUT2D eigenvalue weighted by molar-refractivity contribution is 7.90. The van der Waals surface area contributed by atoms with E-state index >= 15 is 0 Å². The highest BCUT2D eigenvalue weighted by Gasteiger charge is 2.24. The third-order valence-electron chi connectivity index (χ3n) is 4.10. The molecule has 0 aromatic heterocycles. The first-order valence-corrected chi connectivity index (χ1v) is 9.64. The second-order valence-electron chi connectivity index (χ2n) is 5.76. The number of sulfone groups is 1. The van der Waals surface area contributed by atoms with Gasteiger partial charge in [-0.05, 0) is 41.0 Å². The summed E-state index contributed by atoms with van der Waals surface area (Å²) in [5, 5.41) is 0. The van der Waals surface area contributed by atoms with Crippen LogP contribution in [0.15, 0.2) is 53.4 Å². The predicted octanol–water partition coefficient (Wildman–Crippen LogP) is 2.96. The molecule has 1 aliphatic rings. The summed E-state index contributed by atoms with van der Waals surface area (Å²) < 4.78 is 33.6. The first-order chi connectivity index (χ1) is 11.9. The molecule has 0 amide bonds. The third-order valence-corrected chi connectivity index (χ3v) is 5.23. The van der Waals surface area contributed by atoms with Gasteiger partial charge in [0, 0.05) is 12.7 Å². The number of cyclic esters (lactones) is 1. The van der Waals surface area contributed by atoms with Gasteiger partial charge in [0.05, 0.1) is 24.2 Å². The maximum absolute atomic E-state index is 12.4. The Kier molecular flexibility index (Phi) is 4.63. The largest absolute Gasteiger partial charge is 0.497 e. The summed E-state index contributed by atoms with van der Waals surface area (Å²) in [6.45, 7) is 0.307. The van der Waals surface area contributed by atoms with Crippen molar-refractivity contribution < 1.29 is 22.7 Å². The molecule has 6 heteroatoms. The number of hydrogen-bond donors (Lipinski definition) is 0. The van der Waals surface area contributed by atoms with Crippen LogP contribution in [0.3, 0.4) is 0 Å². The lowest BCUT2D eigenvalue weighted by atomic mass is 9.91. The van der Waals surface area contributed by atoms with Crippen molar-refractivity contribution in [2.45, 2.75) is 11.3 Å². The number of benzene rings is 2. The van der Waals surface area contributed by atoms with Crippen molar-refractivity contribution in [3.63, 3.8) is 0 Å². The van der Waals surface area contributed by atoms with Crippen molar-refractivity contribution in [1.29, 1.82) is 0 Å². The van der Waals surface area contributed by atoms with Crippen molar-refractivity contribution in [3.8, 4) is 5.75 Å². The molecule has 1 heterocycles. The Morgan fingerprint density at radius 1 is 0.960 bits per heavy atom. The molecule has 0 saturated heterocycles. The van der Waals surface area contributed by atoms with E-state index in [1.165, 1.54) is 6.26 Å². The van der Waals surface area contributed by atoms with E-state index < -0.39 is 9.84 Å². The van der Waals surface area contributed by atoms with Gasteiger partial charge in [-0.3, -0.25) is 0 Å². The topological polar surface area (TPSA) is 69.7 Å². The summed E-state index contributed by atoms with van der Waals surface area (Å²) in [5.41, 5.74) is 2.91. The molecule has 0 N–H and O–H groups in total. The number of methoxy groups -OCH3 is 1. The molecule has 0 radical (unpaired) electrons. The highest BCUT2D eigenvalue weighted by atomic mass is 32.2. The Labute approximate surface area is 146 Å². The fourth-order valence-electron chi connectivity index (χ4n) is 2.81. The smallest absolute Gasteiger partial charge is 0.339 e. The van der Waals surface area contributed by atoms with Crippen LogP contribution in [-0.2, 0) is 19.4 Å². The lowest BCUT2D eigenvalue weighted by Gasteiger charge is -2.21. The van der Waals surface area contributed by atoms with E-state index in [-0.39, 0.29) is 10.9 Å². The predicted molar refractivity (Wildman–Crippen MR) is 94.9 cm³/mol. The van der Waals surface area contributed by atoms with Gasteiger partial charge >= 0.3 is 5.97 Å². The molecule has 2 aromatic carbocycles. The average Bonchev–Trinajstić information content (AvgIpc) is 2.61. The zero-order valence-electron chi connectivity index (χ0n) is 14.0. The van der Waals surface area contributed by atoms with Gasteiger partial charge in [0.2, 0.25) is 0 Å². The molecular weight excluding hydrogens is 340 g/mol. The molecule has 0 fully saturated rings. The fourth-order valence-corrected chi connectivity index (χ4v) is 3.44. The lowest BCUT2D eigenvalue weighted by molar-refractivity contribution is -0.136. The average molecular weight is 358 g/mol. The summed E-state index contributed by atoms with van der Waals surface area (Å²) in [4.78, 5) is 12.6. The highest BCUT2D eigenvalue weighted by Crippen LogP contribution is 2.34. The molecule has 0 saturated carbocycles. The van der Waals surface area contributed by atoms with Gasteiger partial charge in [-0.1, -0.05) is 24.3 Å². The van der Waals surface area contributed by atoms with Crippen LogP contribution in [0.2, 0.25) is 0 Å². The number of carbonyl (C=O) groups excluding carboxylic acids is 1. The standard InChI is InChI=1S/C19H18O5S/c1-23-15-7-3-14(4-8-15)18-17(11-12-24-19(18)20)13-5-9-16(10-6-13)25(2,21)22/h3-10H,11-12H2,1-2H3. The van der Waals surface area contributed by atoms with Gasteiger partial charge in [0.15, 0.2) is 9.84 Å². The van der Waals surface area contributed by atoms with Gasteiger partial charge in [-0.25, -0.2) is 13.2 Å². The normalized spacial score (nSPS) is 15.0. The van der Waals surface area contributed by atoms with Gasteiger partial charge in [-0.15, -0.1) is 0 Å². The molecule has 0 unspecified atom stereocenters. The molecule has 0 bridgehead atoms. The minimum absolute atomic E-state index is 0.251. The van der Waals surface area contributed by atoms with Crippen molar-refractivity contribution in [3.05, 3.63) is 59.7 Å². The molecule has 0 atom stereocenters. The Bertz CT molecular complexity index is 923. The van der Waals surface area contributed by atoms with E-state index in [1.807, 2.05) is 12.1 Å². The first kappa shape index (κ1) is 17.2. The van der Waals surface area contributed by atoms with Gasteiger partial charge < -0.3 is 9.47 Å². The summed E-state index contributed by atoms with van der Waals surface area (Å²) >= 11 is 0. The molecular formula is C19H18O5S. The second kappa shape index (κ2) is 6.72. The van der Waals surface area contributed by atoms with Crippen LogP contribution in [0.5, 0.6) is 5.75 Å². The number of carbonyl (C=O) groups is 1. The molecule has 25 heavy (non-hydrogen) atoms. The lowest BCUT2D eigenvalue weighted by Crippen LogP contribution is -2.16. The number of esters is 1. The second-order valence-corrected chi connectivity index (χ2v) is 7.78. The monoisotopic (exact) mass is 358 g/mol. The van der Waals surface area contributed by atoms with Crippen LogP contribution in [0.25, 0.3) is 11.1 Å². The number of rotatable bonds is 4. The molecule has 130 valence electrons. The third kappa shape index (κ3) is 3.58. The molecule has 0 spiro atoms. The van der Waals surface area contributed by atoms with E-state index in [0.29, 0.717) is 24.4 Å². The van der Waals surface area contributed by atoms with Gasteiger partial charge in [-0.2, -0.15) is 0 Å². The van der Waals surface area contributed by atoms with E-state index in [4.69, 9.17) is 9.47 Å². The Morgan fingerprint density at radius 2 is 1.56 bits per heavy atom. The number of hydrogen-bond acceptors (Lipinski definition) is 5. The Hall–Kier alpha value is -2.60. The van der Waals surface area contributed by atoms with Gasteiger partial charge in [0.25, 0.3) is 0 Å². The Morgan fingerprint density at radius 3 is 2.12 bits per heavy atom. The van der Waals surface area contributed by atoms with Crippen LogP contribution < -0.4 is 4.74 Å². The summed E-state index contributed by atoms with van der Waals surface area (Å²) in [5.74, 6) is 0.325. The molecule has 0 aliphatic carbocycles. The molecule has 2 aromatic rings. The minimum Gasteiger partial charge on any atom is -0.497 e. The summed E-state index contributed by atoms with van der Waals surface area (Å²) in [6, 6.07) is 13.8. The van der Waals surface area contributed by atoms with E-state index in [0.717, 1.165) is 16.7 Å². The van der Waals surface area contributed by atoms with Crippen molar-refractivity contribution in [1.82, 2.24) is 0 Å². The first-order valence-electron chi connectivity index (χ1n) is 7.75. The van der Waals surface area contributed by atoms with Gasteiger partial charge in [0.1, 0.15) is 5.75 Å². The zero-order chi connectivity index (χ0) is 18.0. The minimum atomic E-state index is -3.26. The van der Waals surface area contributed by atoms with Crippen LogP contribution in [-0.4, -0.2) is 34.4 Å². The van der Waals surface area contributed by atoms with Crippen molar-refractivity contribution in [2.24, 2.45) is 0 Å². The molecule has 3 rings (SSSR count). The van der Waals surface area contributed by atoms with Crippen LogP contribution in [0, 0.1) is 0 Å². The summed E-state index contributed by atoms with van der Waals surface area (Å²) in [6.07, 6.45) is 1.74. The van der Waals surface area contributed by atoms with E-state index in [9.17, 15) is 13.2 Å². The van der Waals surface area contributed by atoms with E-state index in [2.05, 4.69) is 0 Å². The van der Waals surface area contributed by atoms with Crippen molar-refractivity contribution >= 4 is 27.0 Å². The van der Waals surface area contributed by atoms with Crippen LogP contribution in [0.1, 0.15) is 17.5 Å². The molecule has 5 nitrogen and oxygen atoms in total. The van der Waals surface area contributed by atoms with Crippen LogP contribution in [0.4, 0.5) is 0 Å². The maximum atomic E-state index is 12.4. The van der Waals surface area contributed by atoms with Crippen LogP contribution >= 0.6 is 0 Å². The molecule has 1 aliphatic heterocycles. The number of ether oxygens (including phenoxy) is 2. The van der Waals surface area contributed by atoms with Crippen molar-refractivity contribution in [2.75, 3.05) is 20.0 Å². The SMILES string of the molecule is COc1ccc(C2=C(c3ccc(S(C)(=O)=O)cc3)CCOC2=O)cc1. The fraction of sp³-hybridized carbons (Fsp3) is 0.211. The Balaban J connectivity index is 2.09. The zero-order valence-corrected chi connectivity index (χ0v) is 14.8.